The van der Waals surface area contributed by atoms with E-state index in [4.69, 9.17) is 9.47 Å². The highest BCUT2D eigenvalue weighted by Gasteiger charge is 2.23. The molecule has 2 heterocycles. The van der Waals surface area contributed by atoms with Crippen LogP contribution in [0, 0.1) is 0 Å². The maximum absolute atomic E-state index is 11.4. The van der Waals surface area contributed by atoms with Crippen molar-refractivity contribution in [1.82, 2.24) is 14.9 Å². The fourth-order valence-electron chi connectivity index (χ4n) is 2.86. The van der Waals surface area contributed by atoms with Crippen LogP contribution in [0.15, 0.2) is 36.7 Å². The number of piperidine rings is 1. The number of ether oxygens (including phenoxy) is 2. The standard InChI is InChI=1S/C18H21N3O3/c1-13(22)21-9-7-14(8-10-21)17-11-19-12-18(20-17)24-16-5-3-15(23-2)4-6-16/h3-6,11-12,14H,7-10H2,1-2H3. The average molecular weight is 327 g/mol. The van der Waals surface area contributed by atoms with Gasteiger partial charge in [0.05, 0.1) is 19.0 Å². The van der Waals surface area contributed by atoms with Crippen molar-refractivity contribution in [2.75, 3.05) is 20.2 Å². The van der Waals surface area contributed by atoms with Gasteiger partial charge in [-0.25, -0.2) is 4.98 Å². The van der Waals surface area contributed by atoms with Crippen molar-refractivity contribution in [3.05, 3.63) is 42.4 Å². The Morgan fingerprint density at radius 3 is 2.42 bits per heavy atom. The molecule has 1 aromatic heterocycles. The summed E-state index contributed by atoms with van der Waals surface area (Å²) in [5.41, 5.74) is 0.921. The second-order valence-corrected chi connectivity index (χ2v) is 5.84. The fraction of sp³-hybridized carbons (Fsp3) is 0.389. The lowest BCUT2D eigenvalue weighted by atomic mass is 9.94. The summed E-state index contributed by atoms with van der Waals surface area (Å²) in [4.78, 5) is 22.1. The first kappa shape index (κ1) is 16.2. The Bertz CT molecular complexity index is 695. The van der Waals surface area contributed by atoms with E-state index in [0.29, 0.717) is 17.5 Å². The smallest absolute Gasteiger partial charge is 0.238 e. The molecule has 0 radical (unpaired) electrons. The van der Waals surface area contributed by atoms with Gasteiger partial charge < -0.3 is 14.4 Å². The molecule has 6 nitrogen and oxygen atoms in total. The number of methoxy groups -OCH3 is 1. The zero-order valence-electron chi connectivity index (χ0n) is 13.9. The van der Waals surface area contributed by atoms with Crippen LogP contribution < -0.4 is 9.47 Å². The normalized spacial score (nSPS) is 15.2. The molecule has 1 saturated heterocycles. The number of carbonyl (C=O) groups is 1. The van der Waals surface area contributed by atoms with Crippen LogP contribution in [0.1, 0.15) is 31.4 Å². The molecule has 1 aliphatic heterocycles. The minimum absolute atomic E-state index is 0.135. The molecule has 3 rings (SSSR count). The predicted molar refractivity (Wildman–Crippen MR) is 89.3 cm³/mol. The van der Waals surface area contributed by atoms with E-state index in [1.54, 1.807) is 26.4 Å². The van der Waals surface area contributed by atoms with Gasteiger partial charge in [-0.15, -0.1) is 0 Å². The van der Waals surface area contributed by atoms with Crippen LogP contribution in [-0.4, -0.2) is 41.0 Å². The van der Waals surface area contributed by atoms with Gasteiger partial charge in [0.2, 0.25) is 11.8 Å². The molecule has 1 amide bonds. The molecule has 0 atom stereocenters. The predicted octanol–water partition coefficient (Wildman–Crippen LogP) is 3.00. The van der Waals surface area contributed by atoms with Gasteiger partial charge in [-0.05, 0) is 37.1 Å². The van der Waals surface area contributed by atoms with Gasteiger partial charge in [0.1, 0.15) is 11.5 Å². The van der Waals surface area contributed by atoms with Crippen LogP contribution >= 0.6 is 0 Å². The Morgan fingerprint density at radius 2 is 1.79 bits per heavy atom. The van der Waals surface area contributed by atoms with E-state index in [-0.39, 0.29) is 5.91 Å². The first-order chi connectivity index (χ1) is 11.7. The molecule has 1 aromatic carbocycles. The number of benzene rings is 1. The number of nitrogens with zero attached hydrogens (tertiary/aromatic N) is 3. The Balaban J connectivity index is 1.66. The number of rotatable bonds is 4. The zero-order chi connectivity index (χ0) is 16.9. The second-order valence-electron chi connectivity index (χ2n) is 5.84. The number of hydrogen-bond donors (Lipinski definition) is 0. The SMILES string of the molecule is COc1ccc(Oc2cncc(C3CCN(C(C)=O)CC3)n2)cc1. The third-order valence-corrected chi connectivity index (χ3v) is 4.27. The van der Waals surface area contributed by atoms with E-state index >= 15 is 0 Å². The lowest BCUT2D eigenvalue weighted by Gasteiger charge is -2.30. The first-order valence-electron chi connectivity index (χ1n) is 8.05. The minimum atomic E-state index is 0.135. The topological polar surface area (TPSA) is 64.6 Å². The molecule has 126 valence electrons. The quantitative estimate of drug-likeness (QED) is 0.864. The van der Waals surface area contributed by atoms with Gasteiger partial charge in [-0.3, -0.25) is 9.78 Å². The van der Waals surface area contributed by atoms with Crippen molar-refractivity contribution in [2.45, 2.75) is 25.7 Å². The van der Waals surface area contributed by atoms with Crippen LogP contribution in [0.3, 0.4) is 0 Å². The van der Waals surface area contributed by atoms with Crippen LogP contribution in [0.4, 0.5) is 0 Å². The van der Waals surface area contributed by atoms with Crippen LogP contribution in [0.25, 0.3) is 0 Å². The molecular formula is C18H21N3O3. The van der Waals surface area contributed by atoms with Crippen LogP contribution in [0.5, 0.6) is 17.4 Å². The van der Waals surface area contributed by atoms with E-state index in [1.165, 1.54) is 0 Å². The van der Waals surface area contributed by atoms with Gasteiger partial charge >= 0.3 is 0 Å². The summed E-state index contributed by atoms with van der Waals surface area (Å²) >= 11 is 0. The van der Waals surface area contributed by atoms with Crippen molar-refractivity contribution in [1.29, 1.82) is 0 Å². The first-order valence-corrected chi connectivity index (χ1v) is 8.05. The van der Waals surface area contributed by atoms with Crippen LogP contribution in [-0.2, 0) is 4.79 Å². The fourth-order valence-corrected chi connectivity index (χ4v) is 2.86. The van der Waals surface area contributed by atoms with E-state index in [2.05, 4.69) is 9.97 Å². The summed E-state index contributed by atoms with van der Waals surface area (Å²) in [5, 5.41) is 0. The summed E-state index contributed by atoms with van der Waals surface area (Å²) in [6, 6.07) is 7.34. The highest BCUT2D eigenvalue weighted by Crippen LogP contribution is 2.28. The summed E-state index contributed by atoms with van der Waals surface area (Å²) in [5.74, 6) is 2.39. The van der Waals surface area contributed by atoms with Crippen molar-refractivity contribution in [3.63, 3.8) is 0 Å². The summed E-state index contributed by atoms with van der Waals surface area (Å²) in [6.07, 6.45) is 5.20. The molecular weight excluding hydrogens is 306 g/mol. The van der Waals surface area contributed by atoms with Crippen molar-refractivity contribution >= 4 is 5.91 Å². The number of likely N-dealkylation sites (tertiary alicyclic amines) is 1. The molecule has 0 spiro atoms. The lowest BCUT2D eigenvalue weighted by molar-refractivity contribution is -0.129. The summed E-state index contributed by atoms with van der Waals surface area (Å²) in [7, 11) is 1.63. The molecule has 6 heteroatoms. The highest BCUT2D eigenvalue weighted by molar-refractivity contribution is 5.73. The Labute approximate surface area is 141 Å². The molecule has 2 aromatic rings. The molecule has 0 bridgehead atoms. The van der Waals surface area contributed by atoms with Crippen molar-refractivity contribution in [3.8, 4) is 17.4 Å². The Hall–Kier alpha value is -2.63. The highest BCUT2D eigenvalue weighted by atomic mass is 16.5. The molecule has 24 heavy (non-hydrogen) atoms. The largest absolute Gasteiger partial charge is 0.497 e. The Morgan fingerprint density at radius 1 is 1.12 bits per heavy atom. The maximum Gasteiger partial charge on any atom is 0.238 e. The average Bonchev–Trinajstić information content (AvgIpc) is 2.63. The Kier molecular flexibility index (Phi) is 4.93. The zero-order valence-corrected chi connectivity index (χ0v) is 13.9. The van der Waals surface area contributed by atoms with Crippen molar-refractivity contribution in [2.24, 2.45) is 0 Å². The van der Waals surface area contributed by atoms with E-state index < -0.39 is 0 Å². The van der Waals surface area contributed by atoms with Crippen molar-refractivity contribution < 1.29 is 14.3 Å². The summed E-state index contributed by atoms with van der Waals surface area (Å²) in [6.45, 7) is 3.15. The molecule has 1 aliphatic rings. The molecule has 0 aliphatic carbocycles. The van der Waals surface area contributed by atoms with Gasteiger partial charge in [0.15, 0.2) is 0 Å². The molecule has 0 unspecified atom stereocenters. The number of aromatic nitrogens is 2. The van der Waals surface area contributed by atoms with Gasteiger partial charge in [0, 0.05) is 32.1 Å². The third kappa shape index (κ3) is 3.82. The number of carbonyl (C=O) groups excluding carboxylic acids is 1. The van der Waals surface area contributed by atoms with Crippen LogP contribution in [0.2, 0.25) is 0 Å². The number of hydrogen-bond acceptors (Lipinski definition) is 5. The second kappa shape index (κ2) is 7.29. The lowest BCUT2D eigenvalue weighted by Crippen LogP contribution is -2.36. The van der Waals surface area contributed by atoms with E-state index in [0.717, 1.165) is 37.4 Å². The maximum atomic E-state index is 11.4. The van der Waals surface area contributed by atoms with E-state index in [9.17, 15) is 4.79 Å². The van der Waals surface area contributed by atoms with Gasteiger partial charge in [-0.1, -0.05) is 0 Å². The molecule has 0 N–H and O–H groups in total. The molecule has 1 fully saturated rings. The number of amides is 1. The van der Waals surface area contributed by atoms with Gasteiger partial charge in [-0.2, -0.15) is 0 Å². The molecule has 0 saturated carbocycles. The minimum Gasteiger partial charge on any atom is -0.497 e. The van der Waals surface area contributed by atoms with Gasteiger partial charge in [0.25, 0.3) is 0 Å². The van der Waals surface area contributed by atoms with E-state index in [1.807, 2.05) is 29.2 Å². The third-order valence-electron chi connectivity index (χ3n) is 4.27. The monoisotopic (exact) mass is 327 g/mol. The summed E-state index contributed by atoms with van der Waals surface area (Å²) < 4.78 is 10.9.